The number of nitrogens with one attached hydrogen (secondary N) is 1. The molecule has 0 atom stereocenters. The third-order valence-electron chi connectivity index (χ3n) is 1.21. The molecule has 5 heteroatoms. The van der Waals surface area contributed by atoms with Gasteiger partial charge in [-0.25, -0.2) is 9.59 Å². The largest absolute Gasteiger partial charge is 0.489 e. The summed E-state index contributed by atoms with van der Waals surface area (Å²) in [4.78, 5) is 23.6. The van der Waals surface area contributed by atoms with E-state index in [2.05, 4.69) is 14.1 Å². The van der Waals surface area contributed by atoms with E-state index in [-0.39, 0.29) is 5.75 Å². The predicted molar refractivity (Wildman–Crippen MR) is 36.9 cm³/mol. The van der Waals surface area contributed by atoms with Gasteiger partial charge in [0, 0.05) is 0 Å². The molecule has 0 aliphatic heterocycles. The smallest absolute Gasteiger partial charge is 0.419 e. The molecule has 0 aliphatic rings. The molecule has 0 radical (unpaired) electrons. The lowest BCUT2D eigenvalue weighted by Crippen LogP contribution is -2.17. The normalized spacial score (nSPS) is 9.64. The van der Waals surface area contributed by atoms with Crippen LogP contribution in [0.5, 0.6) is 5.75 Å². The maximum absolute atomic E-state index is 10.8. The highest BCUT2D eigenvalue weighted by Gasteiger charge is 2.05. The van der Waals surface area contributed by atoms with Gasteiger partial charge in [-0.15, -0.1) is 0 Å². The molecule has 0 spiro atoms. The van der Waals surface area contributed by atoms with E-state index < -0.39 is 11.4 Å². The van der Waals surface area contributed by atoms with Crippen molar-refractivity contribution >= 4 is 0 Å². The zero-order chi connectivity index (χ0) is 8.43. The van der Waals surface area contributed by atoms with E-state index in [1.165, 1.54) is 7.11 Å². The summed E-state index contributed by atoms with van der Waals surface area (Å²) in [5, 5.41) is 0. The fourth-order valence-corrected chi connectivity index (χ4v) is 0.755. The number of hydrogen-bond acceptors (Lipinski definition) is 4. The van der Waals surface area contributed by atoms with Crippen molar-refractivity contribution in [2.75, 3.05) is 7.11 Å². The fourth-order valence-electron chi connectivity index (χ4n) is 0.755. The summed E-state index contributed by atoms with van der Waals surface area (Å²) in [6.07, 6.45) is 0. The standard InChI is InChI=1S/C6H7NO4/c1-3-4(10-2)5(8)11-6(9)7-3/h1-2H3,(H,7,9). The van der Waals surface area contributed by atoms with Crippen LogP contribution in [0.15, 0.2) is 14.0 Å². The molecule has 0 aromatic carbocycles. The molecule has 0 unspecified atom stereocenters. The van der Waals surface area contributed by atoms with E-state index in [1.807, 2.05) is 0 Å². The second-order valence-corrected chi connectivity index (χ2v) is 1.96. The minimum atomic E-state index is -0.770. The van der Waals surface area contributed by atoms with Crippen molar-refractivity contribution < 1.29 is 9.15 Å². The lowest BCUT2D eigenvalue weighted by atomic mass is 10.4. The van der Waals surface area contributed by atoms with Crippen molar-refractivity contribution in [1.82, 2.24) is 4.98 Å². The highest BCUT2D eigenvalue weighted by Crippen LogP contribution is 2.03. The Labute approximate surface area is 61.6 Å². The summed E-state index contributed by atoms with van der Waals surface area (Å²) < 4.78 is 8.84. The summed E-state index contributed by atoms with van der Waals surface area (Å²) in [6, 6.07) is 0. The van der Waals surface area contributed by atoms with Gasteiger partial charge in [-0.1, -0.05) is 0 Å². The Morgan fingerprint density at radius 1 is 1.45 bits per heavy atom. The summed E-state index contributed by atoms with van der Waals surface area (Å²) >= 11 is 0. The zero-order valence-corrected chi connectivity index (χ0v) is 6.13. The molecular weight excluding hydrogens is 150 g/mol. The van der Waals surface area contributed by atoms with Crippen LogP contribution in [0.3, 0.4) is 0 Å². The number of aromatic amines is 1. The molecule has 1 rings (SSSR count). The van der Waals surface area contributed by atoms with E-state index in [9.17, 15) is 9.59 Å². The highest BCUT2D eigenvalue weighted by atomic mass is 16.5. The number of methoxy groups -OCH3 is 1. The van der Waals surface area contributed by atoms with E-state index in [4.69, 9.17) is 0 Å². The highest BCUT2D eigenvalue weighted by molar-refractivity contribution is 5.19. The maximum Gasteiger partial charge on any atom is 0.419 e. The Bertz CT molecular complexity index is 362. The summed E-state index contributed by atoms with van der Waals surface area (Å²) in [5.41, 5.74) is -0.387. The first-order valence-corrected chi connectivity index (χ1v) is 2.93. The first-order chi connectivity index (χ1) is 5.15. The van der Waals surface area contributed by atoms with Crippen LogP contribution < -0.4 is 16.1 Å². The van der Waals surface area contributed by atoms with Crippen LogP contribution in [-0.4, -0.2) is 12.1 Å². The Balaban J connectivity index is 3.49. The fraction of sp³-hybridized carbons (Fsp3) is 0.333. The minimum absolute atomic E-state index is 0.0320. The van der Waals surface area contributed by atoms with Crippen molar-refractivity contribution in [2.24, 2.45) is 0 Å². The lowest BCUT2D eigenvalue weighted by Gasteiger charge is -1.98. The SMILES string of the molecule is COc1c(C)[nH]c(=O)oc1=O. The second-order valence-electron chi connectivity index (χ2n) is 1.96. The van der Waals surface area contributed by atoms with Crippen LogP contribution in [0, 0.1) is 6.92 Å². The van der Waals surface area contributed by atoms with Gasteiger partial charge in [-0.05, 0) is 6.92 Å². The summed E-state index contributed by atoms with van der Waals surface area (Å²) in [5.74, 6) is -0.738. The first-order valence-electron chi connectivity index (χ1n) is 2.93. The number of aryl methyl sites for hydroxylation is 1. The molecule has 11 heavy (non-hydrogen) atoms. The number of H-pyrrole nitrogens is 1. The molecule has 0 saturated carbocycles. The van der Waals surface area contributed by atoms with Gasteiger partial charge < -0.3 is 9.15 Å². The van der Waals surface area contributed by atoms with Crippen molar-refractivity contribution in [3.8, 4) is 5.75 Å². The third kappa shape index (κ3) is 1.31. The average Bonchev–Trinajstić information content (AvgIpc) is 1.85. The molecule has 1 aromatic heterocycles. The van der Waals surface area contributed by atoms with Gasteiger partial charge in [0.25, 0.3) is 0 Å². The number of aromatic nitrogens is 1. The number of rotatable bonds is 1. The topological polar surface area (TPSA) is 72.3 Å². The van der Waals surface area contributed by atoms with Crippen molar-refractivity contribution in [2.45, 2.75) is 6.92 Å². The molecule has 0 aliphatic carbocycles. The number of hydrogen-bond donors (Lipinski definition) is 1. The molecule has 1 heterocycles. The van der Waals surface area contributed by atoms with Gasteiger partial charge >= 0.3 is 11.4 Å². The second kappa shape index (κ2) is 2.61. The molecule has 60 valence electrons. The van der Waals surface area contributed by atoms with Gasteiger partial charge in [0.1, 0.15) is 0 Å². The lowest BCUT2D eigenvalue weighted by molar-refractivity contribution is 0.351. The van der Waals surface area contributed by atoms with Crippen LogP contribution in [0.1, 0.15) is 5.69 Å². The van der Waals surface area contributed by atoms with Crippen molar-refractivity contribution in [3.05, 3.63) is 26.7 Å². The third-order valence-corrected chi connectivity index (χ3v) is 1.21. The molecule has 1 N–H and O–H groups in total. The molecule has 0 amide bonds. The van der Waals surface area contributed by atoms with Crippen molar-refractivity contribution in [1.29, 1.82) is 0 Å². The van der Waals surface area contributed by atoms with Crippen LogP contribution in [0.4, 0.5) is 0 Å². The Morgan fingerprint density at radius 2 is 2.09 bits per heavy atom. The average molecular weight is 157 g/mol. The van der Waals surface area contributed by atoms with Crippen LogP contribution in [0.25, 0.3) is 0 Å². The Morgan fingerprint density at radius 3 is 2.55 bits per heavy atom. The van der Waals surface area contributed by atoms with Gasteiger partial charge in [-0.2, -0.15) is 0 Å². The Kier molecular flexibility index (Phi) is 1.80. The summed E-state index contributed by atoms with van der Waals surface area (Å²) in [6.45, 7) is 1.55. The van der Waals surface area contributed by atoms with E-state index in [1.54, 1.807) is 6.92 Å². The van der Waals surface area contributed by atoms with Gasteiger partial charge in [-0.3, -0.25) is 4.98 Å². The zero-order valence-electron chi connectivity index (χ0n) is 6.13. The monoisotopic (exact) mass is 157 g/mol. The van der Waals surface area contributed by atoms with Crippen LogP contribution >= 0.6 is 0 Å². The van der Waals surface area contributed by atoms with Crippen LogP contribution in [-0.2, 0) is 0 Å². The van der Waals surface area contributed by atoms with Gasteiger partial charge in [0.05, 0.1) is 12.8 Å². The summed E-state index contributed by atoms with van der Waals surface area (Å²) in [7, 11) is 1.33. The molecule has 5 nitrogen and oxygen atoms in total. The van der Waals surface area contributed by atoms with Crippen LogP contribution in [0.2, 0.25) is 0 Å². The molecule has 0 fully saturated rings. The van der Waals surface area contributed by atoms with E-state index in [0.717, 1.165) is 0 Å². The van der Waals surface area contributed by atoms with Gasteiger partial charge in [0.15, 0.2) is 0 Å². The maximum atomic E-state index is 10.8. The quantitative estimate of drug-likeness (QED) is 0.604. The number of ether oxygens (including phenoxy) is 1. The van der Waals surface area contributed by atoms with E-state index in [0.29, 0.717) is 5.69 Å². The first kappa shape index (κ1) is 7.59. The van der Waals surface area contributed by atoms with Crippen molar-refractivity contribution in [3.63, 3.8) is 0 Å². The Hall–Kier alpha value is -1.52. The molecule has 0 saturated heterocycles. The predicted octanol–water partition coefficient (Wildman–Crippen LogP) is -0.355. The van der Waals surface area contributed by atoms with Gasteiger partial charge in [0.2, 0.25) is 5.75 Å². The molecule has 1 aromatic rings. The molecular formula is C6H7NO4. The molecule has 0 bridgehead atoms. The van der Waals surface area contributed by atoms with E-state index >= 15 is 0 Å². The minimum Gasteiger partial charge on any atom is -0.489 e.